The summed E-state index contributed by atoms with van der Waals surface area (Å²) >= 11 is 5.92. The van der Waals surface area contributed by atoms with E-state index in [1.807, 2.05) is 35.2 Å². The molecule has 4 rings (SSSR count). The quantitative estimate of drug-likeness (QED) is 0.692. The summed E-state index contributed by atoms with van der Waals surface area (Å²) < 4.78 is 27.8. The van der Waals surface area contributed by atoms with Gasteiger partial charge in [0.25, 0.3) is 0 Å². The Labute approximate surface area is 195 Å². The number of rotatable bonds is 6. The summed E-state index contributed by atoms with van der Waals surface area (Å²) in [7, 11) is -3.60. The predicted octanol–water partition coefficient (Wildman–Crippen LogP) is 3.66. The molecule has 2 aromatic carbocycles. The lowest BCUT2D eigenvalue weighted by Crippen LogP contribution is -2.61. The van der Waals surface area contributed by atoms with Crippen molar-refractivity contribution in [3.05, 3.63) is 65.2 Å². The number of piperidine rings is 1. The molecule has 2 fully saturated rings. The fourth-order valence-corrected chi connectivity index (χ4v) is 6.45. The molecule has 6 nitrogen and oxygen atoms in total. The first kappa shape index (κ1) is 23.2. The zero-order chi connectivity index (χ0) is 22.9. The largest absolute Gasteiger partial charge is 0.320 e. The SMILES string of the molecule is CCC(C)N1C(=O)C(Cc2ccccc2)NC12CCN(S(=O)(=O)c1ccc(Cl)cc1)CC2. The van der Waals surface area contributed by atoms with Crippen LogP contribution in [0.15, 0.2) is 59.5 Å². The number of amides is 1. The van der Waals surface area contributed by atoms with E-state index in [1.165, 1.54) is 4.31 Å². The first-order valence-corrected chi connectivity index (χ1v) is 13.0. The summed E-state index contributed by atoms with van der Waals surface area (Å²) in [4.78, 5) is 15.7. The fourth-order valence-electron chi connectivity index (χ4n) is 4.88. The number of nitrogens with one attached hydrogen (secondary N) is 1. The summed E-state index contributed by atoms with van der Waals surface area (Å²) in [6, 6.07) is 16.1. The van der Waals surface area contributed by atoms with E-state index < -0.39 is 15.7 Å². The molecule has 2 saturated heterocycles. The van der Waals surface area contributed by atoms with Gasteiger partial charge in [-0.2, -0.15) is 4.31 Å². The average molecular weight is 476 g/mol. The highest BCUT2D eigenvalue weighted by atomic mass is 35.5. The van der Waals surface area contributed by atoms with E-state index in [-0.39, 0.29) is 22.9 Å². The van der Waals surface area contributed by atoms with E-state index in [2.05, 4.69) is 19.2 Å². The van der Waals surface area contributed by atoms with Crippen molar-refractivity contribution in [1.29, 1.82) is 0 Å². The van der Waals surface area contributed by atoms with Gasteiger partial charge in [0.2, 0.25) is 15.9 Å². The summed E-state index contributed by atoms with van der Waals surface area (Å²) in [6.07, 6.45) is 2.59. The molecule has 2 aromatic rings. The van der Waals surface area contributed by atoms with Crippen LogP contribution < -0.4 is 5.32 Å². The summed E-state index contributed by atoms with van der Waals surface area (Å²) in [5.41, 5.74) is 0.597. The molecule has 8 heteroatoms. The van der Waals surface area contributed by atoms with Gasteiger partial charge in [-0.1, -0.05) is 48.9 Å². The Morgan fingerprint density at radius 3 is 2.31 bits per heavy atom. The van der Waals surface area contributed by atoms with Crippen molar-refractivity contribution in [1.82, 2.24) is 14.5 Å². The first-order chi connectivity index (χ1) is 15.3. The van der Waals surface area contributed by atoms with E-state index in [1.54, 1.807) is 24.3 Å². The van der Waals surface area contributed by atoms with Crippen LogP contribution in [0.25, 0.3) is 0 Å². The maximum Gasteiger partial charge on any atom is 0.243 e. The Morgan fingerprint density at radius 1 is 1.09 bits per heavy atom. The number of sulfonamides is 1. The van der Waals surface area contributed by atoms with Gasteiger partial charge in [0.05, 0.1) is 16.6 Å². The van der Waals surface area contributed by atoms with Gasteiger partial charge in [-0.25, -0.2) is 8.42 Å². The van der Waals surface area contributed by atoms with Gasteiger partial charge in [0.1, 0.15) is 0 Å². The van der Waals surface area contributed by atoms with Gasteiger partial charge >= 0.3 is 0 Å². The number of benzene rings is 2. The zero-order valence-electron chi connectivity index (χ0n) is 18.5. The van der Waals surface area contributed by atoms with Gasteiger partial charge < -0.3 is 4.90 Å². The molecule has 32 heavy (non-hydrogen) atoms. The molecule has 1 amide bonds. The predicted molar refractivity (Wildman–Crippen MR) is 126 cm³/mol. The molecule has 0 radical (unpaired) electrons. The highest BCUT2D eigenvalue weighted by Gasteiger charge is 2.53. The summed E-state index contributed by atoms with van der Waals surface area (Å²) in [5, 5.41) is 4.13. The molecule has 1 spiro atoms. The van der Waals surface area contributed by atoms with Crippen LogP contribution in [0, 0.1) is 0 Å². The molecular weight excluding hydrogens is 446 g/mol. The second-order valence-electron chi connectivity index (χ2n) is 8.74. The van der Waals surface area contributed by atoms with Crippen LogP contribution in [-0.4, -0.2) is 54.4 Å². The molecular formula is C24H30ClN3O3S. The number of carbonyl (C=O) groups excluding carboxylic acids is 1. The Kier molecular flexibility index (Phi) is 6.63. The molecule has 2 aliphatic heterocycles. The average Bonchev–Trinajstić information content (AvgIpc) is 3.05. The van der Waals surface area contributed by atoms with Crippen molar-refractivity contribution in [3.63, 3.8) is 0 Å². The summed E-state index contributed by atoms with van der Waals surface area (Å²) in [6.45, 7) is 4.87. The Bertz CT molecular complexity index is 1050. The van der Waals surface area contributed by atoms with E-state index in [0.29, 0.717) is 37.4 Å². The van der Waals surface area contributed by atoms with Gasteiger partial charge in [0.15, 0.2) is 0 Å². The molecule has 2 aliphatic rings. The third-order valence-electron chi connectivity index (χ3n) is 6.75. The highest BCUT2D eigenvalue weighted by Crippen LogP contribution is 2.37. The first-order valence-electron chi connectivity index (χ1n) is 11.2. The molecule has 0 aliphatic carbocycles. The Balaban J connectivity index is 1.54. The lowest BCUT2D eigenvalue weighted by atomic mass is 9.95. The molecule has 0 bridgehead atoms. The van der Waals surface area contributed by atoms with Gasteiger partial charge in [-0.3, -0.25) is 10.1 Å². The monoisotopic (exact) mass is 475 g/mol. The molecule has 0 aromatic heterocycles. The zero-order valence-corrected chi connectivity index (χ0v) is 20.1. The smallest absolute Gasteiger partial charge is 0.243 e. The van der Waals surface area contributed by atoms with Crippen molar-refractivity contribution < 1.29 is 13.2 Å². The number of hydrogen-bond acceptors (Lipinski definition) is 4. The number of nitrogens with zero attached hydrogens (tertiary/aromatic N) is 2. The highest BCUT2D eigenvalue weighted by molar-refractivity contribution is 7.89. The number of halogens is 1. The Hall–Kier alpha value is -1.93. The van der Waals surface area contributed by atoms with Crippen LogP contribution in [0.4, 0.5) is 0 Å². The molecule has 2 unspecified atom stereocenters. The lowest BCUT2D eigenvalue weighted by Gasteiger charge is -2.46. The second-order valence-corrected chi connectivity index (χ2v) is 11.1. The molecule has 172 valence electrons. The van der Waals surface area contributed by atoms with Crippen molar-refractivity contribution in [3.8, 4) is 0 Å². The number of carbonyl (C=O) groups is 1. The van der Waals surface area contributed by atoms with Crippen LogP contribution in [-0.2, 0) is 21.2 Å². The van der Waals surface area contributed by atoms with E-state index in [4.69, 9.17) is 11.6 Å². The minimum Gasteiger partial charge on any atom is -0.320 e. The maximum atomic E-state index is 13.4. The van der Waals surface area contributed by atoms with Crippen molar-refractivity contribution in [2.45, 2.75) is 62.2 Å². The van der Waals surface area contributed by atoms with Crippen LogP contribution >= 0.6 is 11.6 Å². The minimum absolute atomic E-state index is 0.0789. The fraction of sp³-hybridized carbons (Fsp3) is 0.458. The van der Waals surface area contributed by atoms with Gasteiger partial charge in [-0.15, -0.1) is 0 Å². The van der Waals surface area contributed by atoms with Crippen molar-refractivity contribution in [2.24, 2.45) is 0 Å². The van der Waals surface area contributed by atoms with Crippen LogP contribution in [0.5, 0.6) is 0 Å². The van der Waals surface area contributed by atoms with E-state index in [9.17, 15) is 13.2 Å². The third-order valence-corrected chi connectivity index (χ3v) is 8.92. The second kappa shape index (κ2) is 9.14. The van der Waals surface area contributed by atoms with E-state index >= 15 is 0 Å². The lowest BCUT2D eigenvalue weighted by molar-refractivity contribution is -0.136. The maximum absolute atomic E-state index is 13.4. The van der Waals surface area contributed by atoms with Gasteiger partial charge in [0, 0.05) is 24.2 Å². The molecule has 0 saturated carbocycles. The molecule has 2 heterocycles. The normalized spacial score (nSPS) is 22.4. The standard InChI is InChI=1S/C24H30ClN3O3S/c1-3-18(2)28-23(29)22(17-19-7-5-4-6-8-19)26-24(28)13-15-27(16-14-24)32(30,31)21-11-9-20(25)10-12-21/h4-12,18,22,26H,3,13-17H2,1-2H3. The summed E-state index contributed by atoms with van der Waals surface area (Å²) in [5.74, 6) is 0.109. The third kappa shape index (κ3) is 4.31. The molecule has 1 N–H and O–H groups in total. The van der Waals surface area contributed by atoms with Crippen molar-refractivity contribution in [2.75, 3.05) is 13.1 Å². The topological polar surface area (TPSA) is 69.7 Å². The van der Waals surface area contributed by atoms with Crippen molar-refractivity contribution >= 4 is 27.5 Å². The van der Waals surface area contributed by atoms with E-state index in [0.717, 1.165) is 12.0 Å². The number of hydrogen-bond donors (Lipinski definition) is 1. The van der Waals surface area contributed by atoms with Crippen LogP contribution in [0.2, 0.25) is 5.02 Å². The van der Waals surface area contributed by atoms with Gasteiger partial charge in [-0.05, 0) is 62.4 Å². The minimum atomic E-state index is -3.60. The Morgan fingerprint density at radius 2 is 1.72 bits per heavy atom. The molecule has 2 atom stereocenters. The van der Waals surface area contributed by atoms with Crippen LogP contribution in [0.1, 0.15) is 38.7 Å². The van der Waals surface area contributed by atoms with Crippen LogP contribution in [0.3, 0.4) is 0 Å².